The second-order valence-corrected chi connectivity index (χ2v) is 3.66. The summed E-state index contributed by atoms with van der Waals surface area (Å²) in [6.45, 7) is 2.44. The van der Waals surface area contributed by atoms with E-state index < -0.39 is 5.91 Å². The van der Waals surface area contributed by atoms with E-state index in [1.165, 1.54) is 11.3 Å². The van der Waals surface area contributed by atoms with Gasteiger partial charge in [0.1, 0.15) is 0 Å². The maximum atomic E-state index is 10.8. The summed E-state index contributed by atoms with van der Waals surface area (Å²) in [5.41, 5.74) is 6.57. The predicted molar refractivity (Wildman–Crippen MR) is 54.4 cm³/mol. The molecule has 1 aromatic heterocycles. The van der Waals surface area contributed by atoms with Gasteiger partial charge < -0.3 is 11.1 Å². The molecular formula is C9H10N2OS. The summed E-state index contributed by atoms with van der Waals surface area (Å²) in [4.78, 5) is 11.9. The smallest absolute Gasteiger partial charge is 0.300 e. The van der Waals surface area contributed by atoms with E-state index >= 15 is 0 Å². The van der Waals surface area contributed by atoms with Crippen molar-refractivity contribution in [2.45, 2.75) is 13.5 Å². The third kappa shape index (κ3) is 2.31. The molecule has 1 amide bonds. The monoisotopic (exact) mass is 194 g/mol. The number of thiophene rings is 1. The molecule has 1 aromatic rings. The van der Waals surface area contributed by atoms with Crippen molar-refractivity contribution >= 4 is 22.2 Å². The second-order valence-electron chi connectivity index (χ2n) is 2.52. The molecule has 1 heterocycles. The molecule has 13 heavy (non-hydrogen) atoms. The average molecular weight is 194 g/mol. The van der Waals surface area contributed by atoms with Crippen LogP contribution in [-0.2, 0) is 11.3 Å². The van der Waals surface area contributed by atoms with Crippen molar-refractivity contribution in [1.29, 1.82) is 0 Å². The summed E-state index contributed by atoms with van der Waals surface area (Å²) < 4.78 is 0. The van der Waals surface area contributed by atoms with Crippen molar-refractivity contribution in [1.82, 2.24) is 0 Å². The van der Waals surface area contributed by atoms with Gasteiger partial charge in [-0.05, 0) is 24.5 Å². The highest BCUT2D eigenvalue weighted by Gasteiger charge is 2.05. The molecule has 0 bridgehead atoms. The van der Waals surface area contributed by atoms with Crippen molar-refractivity contribution in [3.8, 4) is 12.3 Å². The molecule has 0 atom stereocenters. The first-order valence-electron chi connectivity index (χ1n) is 3.74. The standard InChI is InChI=1S/C9H10N2OS/c1-3-8(12)11-9-4-6(2)7(5-10)13-9/h1,4H,5,10H2,2H3,(H,11,12). The summed E-state index contributed by atoms with van der Waals surface area (Å²) in [5, 5.41) is 3.33. The average Bonchev–Trinajstić information content (AvgIpc) is 2.46. The van der Waals surface area contributed by atoms with Crippen molar-refractivity contribution in [3.05, 3.63) is 16.5 Å². The molecule has 0 fully saturated rings. The quantitative estimate of drug-likeness (QED) is 0.692. The Kier molecular flexibility index (Phi) is 3.07. The maximum absolute atomic E-state index is 10.8. The van der Waals surface area contributed by atoms with Crippen molar-refractivity contribution in [3.63, 3.8) is 0 Å². The SMILES string of the molecule is C#CC(=O)Nc1cc(C)c(CN)s1. The molecule has 0 saturated carbocycles. The number of hydrogen-bond donors (Lipinski definition) is 2. The van der Waals surface area contributed by atoms with E-state index in [4.69, 9.17) is 12.2 Å². The Balaban J connectivity index is 2.80. The summed E-state index contributed by atoms with van der Waals surface area (Å²) in [6, 6.07) is 1.86. The predicted octanol–water partition coefficient (Wildman–Crippen LogP) is 1.09. The molecule has 3 nitrogen and oxygen atoms in total. The number of rotatable bonds is 2. The number of amides is 1. The Morgan fingerprint density at radius 1 is 1.85 bits per heavy atom. The first kappa shape index (κ1) is 9.78. The molecule has 0 radical (unpaired) electrons. The van der Waals surface area contributed by atoms with Gasteiger partial charge in [-0.3, -0.25) is 4.79 Å². The highest BCUT2D eigenvalue weighted by molar-refractivity contribution is 7.16. The maximum Gasteiger partial charge on any atom is 0.300 e. The molecule has 0 aliphatic rings. The van der Waals surface area contributed by atoms with Gasteiger partial charge in [-0.15, -0.1) is 17.8 Å². The van der Waals surface area contributed by atoms with E-state index in [9.17, 15) is 4.79 Å². The molecule has 0 aromatic carbocycles. The lowest BCUT2D eigenvalue weighted by Crippen LogP contribution is -2.06. The van der Waals surface area contributed by atoms with Crippen LogP contribution in [0.2, 0.25) is 0 Å². The van der Waals surface area contributed by atoms with Crippen LogP contribution in [0.3, 0.4) is 0 Å². The molecule has 0 unspecified atom stereocenters. The first-order valence-corrected chi connectivity index (χ1v) is 4.56. The Morgan fingerprint density at radius 2 is 2.54 bits per heavy atom. The molecule has 68 valence electrons. The van der Waals surface area contributed by atoms with Gasteiger partial charge in [0.05, 0.1) is 5.00 Å². The molecule has 4 heteroatoms. The van der Waals surface area contributed by atoms with E-state index in [-0.39, 0.29) is 0 Å². The largest absolute Gasteiger partial charge is 0.326 e. The van der Waals surface area contributed by atoms with Crippen LogP contribution in [0.15, 0.2) is 6.07 Å². The van der Waals surface area contributed by atoms with Crippen LogP contribution in [0, 0.1) is 19.3 Å². The van der Waals surface area contributed by atoms with Crippen molar-refractivity contribution in [2.24, 2.45) is 5.73 Å². The number of nitrogens with one attached hydrogen (secondary N) is 1. The molecule has 0 saturated heterocycles. The molecule has 0 aliphatic carbocycles. The van der Waals surface area contributed by atoms with Crippen LogP contribution < -0.4 is 11.1 Å². The van der Waals surface area contributed by atoms with Crippen LogP contribution >= 0.6 is 11.3 Å². The Hall–Kier alpha value is -1.31. The van der Waals surface area contributed by atoms with Crippen molar-refractivity contribution < 1.29 is 4.79 Å². The third-order valence-corrected chi connectivity index (χ3v) is 2.75. The van der Waals surface area contributed by atoms with Crippen LogP contribution in [0.4, 0.5) is 5.00 Å². The number of nitrogens with two attached hydrogens (primary N) is 1. The lowest BCUT2D eigenvalue weighted by atomic mass is 10.3. The zero-order valence-electron chi connectivity index (χ0n) is 7.26. The topological polar surface area (TPSA) is 55.1 Å². The van der Waals surface area contributed by atoms with Crippen LogP contribution in [-0.4, -0.2) is 5.91 Å². The number of carbonyl (C=O) groups excluding carboxylic acids is 1. The first-order chi connectivity index (χ1) is 6.17. The van der Waals surface area contributed by atoms with E-state index in [1.54, 1.807) is 0 Å². The molecular weight excluding hydrogens is 184 g/mol. The summed E-state index contributed by atoms with van der Waals surface area (Å²) in [7, 11) is 0. The highest BCUT2D eigenvalue weighted by atomic mass is 32.1. The number of terminal acetylenes is 1. The molecule has 1 rings (SSSR count). The van der Waals surface area contributed by atoms with E-state index in [0.29, 0.717) is 6.54 Å². The van der Waals surface area contributed by atoms with Gasteiger partial charge in [-0.1, -0.05) is 0 Å². The normalized spacial score (nSPS) is 9.31. The van der Waals surface area contributed by atoms with E-state index in [2.05, 4.69) is 5.32 Å². The van der Waals surface area contributed by atoms with Gasteiger partial charge in [0.15, 0.2) is 0 Å². The van der Waals surface area contributed by atoms with Crippen LogP contribution in [0.1, 0.15) is 10.4 Å². The second kappa shape index (κ2) is 4.08. The zero-order valence-corrected chi connectivity index (χ0v) is 8.07. The Morgan fingerprint density at radius 3 is 3.00 bits per heavy atom. The minimum absolute atomic E-state index is 0.426. The summed E-state index contributed by atoms with van der Waals surface area (Å²) >= 11 is 1.45. The van der Waals surface area contributed by atoms with E-state index in [0.717, 1.165) is 15.4 Å². The number of anilines is 1. The molecule has 0 aliphatic heterocycles. The minimum atomic E-state index is -0.426. The fourth-order valence-corrected chi connectivity index (χ4v) is 1.88. The zero-order chi connectivity index (χ0) is 9.84. The number of carbonyl (C=O) groups is 1. The number of hydrogen-bond acceptors (Lipinski definition) is 3. The van der Waals surface area contributed by atoms with Gasteiger partial charge >= 0.3 is 5.91 Å². The minimum Gasteiger partial charge on any atom is -0.326 e. The summed E-state index contributed by atoms with van der Waals surface area (Å²) in [6.07, 6.45) is 4.92. The third-order valence-electron chi connectivity index (χ3n) is 1.57. The Bertz CT molecular complexity index is 362. The van der Waals surface area contributed by atoms with Gasteiger partial charge in [0, 0.05) is 11.4 Å². The summed E-state index contributed by atoms with van der Waals surface area (Å²) in [5.74, 6) is 1.56. The Labute approximate surface area is 80.9 Å². The van der Waals surface area contributed by atoms with Gasteiger partial charge in [0.2, 0.25) is 0 Å². The van der Waals surface area contributed by atoms with Gasteiger partial charge in [0.25, 0.3) is 0 Å². The lowest BCUT2D eigenvalue weighted by molar-refractivity contribution is -0.111. The van der Waals surface area contributed by atoms with Gasteiger partial charge in [-0.2, -0.15) is 0 Å². The van der Waals surface area contributed by atoms with Crippen molar-refractivity contribution in [2.75, 3.05) is 5.32 Å². The fraction of sp³-hybridized carbons (Fsp3) is 0.222. The van der Waals surface area contributed by atoms with E-state index in [1.807, 2.05) is 18.9 Å². The van der Waals surface area contributed by atoms with Crippen LogP contribution in [0.5, 0.6) is 0 Å². The van der Waals surface area contributed by atoms with Gasteiger partial charge in [-0.25, -0.2) is 0 Å². The molecule has 3 N–H and O–H groups in total. The lowest BCUT2D eigenvalue weighted by Gasteiger charge is -1.93. The highest BCUT2D eigenvalue weighted by Crippen LogP contribution is 2.25. The number of aryl methyl sites for hydroxylation is 1. The fourth-order valence-electron chi connectivity index (χ4n) is 0.932. The van der Waals surface area contributed by atoms with Crippen LogP contribution in [0.25, 0.3) is 0 Å². The molecule has 0 spiro atoms.